The summed E-state index contributed by atoms with van der Waals surface area (Å²) in [7, 11) is 0. The van der Waals surface area contributed by atoms with E-state index in [4.69, 9.17) is 0 Å². The Hall–Kier alpha value is 0.310. The maximum Gasteiger partial charge on any atom is 0.0200 e. The average molecular weight is 173 g/mol. The van der Waals surface area contributed by atoms with Crippen molar-refractivity contribution in [3.05, 3.63) is 0 Å². The number of likely N-dealkylation sites (tertiary alicyclic amines) is 1. The van der Waals surface area contributed by atoms with Crippen LogP contribution in [0.15, 0.2) is 0 Å². The van der Waals surface area contributed by atoms with Gasteiger partial charge in [-0.05, 0) is 40.2 Å². The number of hydrogen-bond acceptors (Lipinski definition) is 2. The maximum absolute atomic E-state index is 4.53. The van der Waals surface area contributed by atoms with Crippen molar-refractivity contribution in [1.29, 1.82) is 0 Å². The van der Waals surface area contributed by atoms with Gasteiger partial charge in [-0.3, -0.25) is 4.90 Å². The van der Waals surface area contributed by atoms with Gasteiger partial charge in [0, 0.05) is 17.3 Å². The summed E-state index contributed by atoms with van der Waals surface area (Å²) >= 11 is 4.53. The first-order valence-electron chi connectivity index (χ1n) is 4.45. The van der Waals surface area contributed by atoms with Crippen molar-refractivity contribution in [3.63, 3.8) is 0 Å². The summed E-state index contributed by atoms with van der Waals surface area (Å²) in [6, 6.07) is 0.779. The molecule has 1 saturated heterocycles. The van der Waals surface area contributed by atoms with Crippen LogP contribution in [0.4, 0.5) is 0 Å². The average Bonchev–Trinajstić information content (AvgIpc) is 2.12. The Kier molecular flexibility index (Phi) is 2.87. The molecule has 0 aromatic heterocycles. The molecule has 0 saturated carbocycles. The van der Waals surface area contributed by atoms with Crippen molar-refractivity contribution in [2.24, 2.45) is 0 Å². The van der Waals surface area contributed by atoms with E-state index >= 15 is 0 Å². The largest absolute Gasteiger partial charge is 0.299 e. The standard InChI is InChI=1S/C9H19NS/c1-8-5-4-6-10(8)7-9(2,3)11/h8,11H,4-7H2,1-3H3/t8-/m0/s1. The predicted octanol–water partition coefficient (Wildman–Crippen LogP) is 2.18. The van der Waals surface area contributed by atoms with Gasteiger partial charge in [-0.1, -0.05) is 0 Å². The fourth-order valence-electron chi connectivity index (χ4n) is 1.72. The predicted molar refractivity (Wildman–Crippen MR) is 53.3 cm³/mol. The lowest BCUT2D eigenvalue weighted by Gasteiger charge is -2.28. The second kappa shape index (κ2) is 3.36. The number of rotatable bonds is 2. The summed E-state index contributed by atoms with van der Waals surface area (Å²) in [5.74, 6) is 0. The molecular weight excluding hydrogens is 154 g/mol. The third-order valence-electron chi connectivity index (χ3n) is 2.28. The van der Waals surface area contributed by atoms with E-state index in [1.54, 1.807) is 0 Å². The Morgan fingerprint density at radius 2 is 2.18 bits per heavy atom. The van der Waals surface area contributed by atoms with Crippen molar-refractivity contribution >= 4 is 12.6 Å². The molecule has 1 atom stereocenters. The minimum absolute atomic E-state index is 0.165. The molecule has 0 amide bonds. The van der Waals surface area contributed by atoms with Gasteiger partial charge in [0.25, 0.3) is 0 Å². The van der Waals surface area contributed by atoms with Crippen molar-refractivity contribution in [1.82, 2.24) is 4.90 Å². The molecule has 1 heterocycles. The highest BCUT2D eigenvalue weighted by atomic mass is 32.1. The molecule has 1 nitrogen and oxygen atoms in total. The molecule has 0 radical (unpaired) electrons. The van der Waals surface area contributed by atoms with Gasteiger partial charge in [-0.2, -0.15) is 12.6 Å². The van der Waals surface area contributed by atoms with Crippen LogP contribution in [0.2, 0.25) is 0 Å². The summed E-state index contributed by atoms with van der Waals surface area (Å²) in [6.07, 6.45) is 2.73. The second-order valence-electron chi connectivity index (χ2n) is 4.27. The van der Waals surface area contributed by atoms with Crippen LogP contribution in [0, 0.1) is 0 Å². The lowest BCUT2D eigenvalue weighted by atomic mass is 10.2. The molecule has 1 fully saturated rings. The molecule has 1 rings (SSSR count). The monoisotopic (exact) mass is 173 g/mol. The normalized spacial score (nSPS) is 27.8. The molecule has 0 N–H and O–H groups in total. The fraction of sp³-hybridized carbons (Fsp3) is 1.00. The molecular formula is C9H19NS. The summed E-state index contributed by atoms with van der Waals surface area (Å²) in [5, 5.41) is 0. The summed E-state index contributed by atoms with van der Waals surface area (Å²) in [6.45, 7) is 9.07. The Bertz CT molecular complexity index is 128. The molecule has 1 aliphatic heterocycles. The molecule has 66 valence electrons. The van der Waals surface area contributed by atoms with Crippen molar-refractivity contribution in [2.75, 3.05) is 13.1 Å². The Balaban J connectivity index is 2.37. The Morgan fingerprint density at radius 3 is 2.55 bits per heavy atom. The lowest BCUT2D eigenvalue weighted by molar-refractivity contribution is 0.251. The van der Waals surface area contributed by atoms with Gasteiger partial charge in [0.1, 0.15) is 0 Å². The van der Waals surface area contributed by atoms with Crippen LogP contribution >= 0.6 is 12.6 Å². The molecule has 2 heteroatoms. The first-order chi connectivity index (χ1) is 4.99. The molecule has 0 bridgehead atoms. The van der Waals surface area contributed by atoms with Gasteiger partial charge < -0.3 is 0 Å². The van der Waals surface area contributed by atoms with E-state index in [0.717, 1.165) is 12.6 Å². The zero-order valence-electron chi connectivity index (χ0n) is 7.80. The van der Waals surface area contributed by atoms with Gasteiger partial charge in [0.05, 0.1) is 0 Å². The lowest BCUT2D eigenvalue weighted by Crippen LogP contribution is -2.37. The van der Waals surface area contributed by atoms with E-state index in [2.05, 4.69) is 38.3 Å². The van der Waals surface area contributed by atoms with Crippen molar-refractivity contribution < 1.29 is 0 Å². The van der Waals surface area contributed by atoms with Crippen LogP contribution in [0.25, 0.3) is 0 Å². The van der Waals surface area contributed by atoms with Crippen LogP contribution in [0.3, 0.4) is 0 Å². The van der Waals surface area contributed by atoms with Gasteiger partial charge in [0.15, 0.2) is 0 Å². The molecule has 0 spiro atoms. The van der Waals surface area contributed by atoms with E-state index < -0.39 is 0 Å². The highest BCUT2D eigenvalue weighted by molar-refractivity contribution is 7.81. The Morgan fingerprint density at radius 1 is 1.55 bits per heavy atom. The van der Waals surface area contributed by atoms with E-state index in [1.165, 1.54) is 19.4 Å². The number of thiol groups is 1. The van der Waals surface area contributed by atoms with Crippen molar-refractivity contribution in [2.45, 2.75) is 44.4 Å². The minimum Gasteiger partial charge on any atom is -0.299 e. The van der Waals surface area contributed by atoms with E-state index in [9.17, 15) is 0 Å². The molecule has 0 aliphatic carbocycles. The topological polar surface area (TPSA) is 3.24 Å². The quantitative estimate of drug-likeness (QED) is 0.626. The second-order valence-corrected chi connectivity index (χ2v) is 5.48. The molecule has 11 heavy (non-hydrogen) atoms. The van der Waals surface area contributed by atoms with Gasteiger partial charge in [-0.25, -0.2) is 0 Å². The van der Waals surface area contributed by atoms with Crippen LogP contribution in [0.5, 0.6) is 0 Å². The zero-order chi connectivity index (χ0) is 8.48. The molecule has 0 aromatic carbocycles. The highest BCUT2D eigenvalue weighted by Gasteiger charge is 2.24. The fourth-order valence-corrected chi connectivity index (χ4v) is 1.91. The first kappa shape index (κ1) is 9.40. The third kappa shape index (κ3) is 3.04. The van der Waals surface area contributed by atoms with Gasteiger partial charge in [-0.15, -0.1) is 0 Å². The van der Waals surface area contributed by atoms with E-state index in [-0.39, 0.29) is 4.75 Å². The van der Waals surface area contributed by atoms with Gasteiger partial charge in [0.2, 0.25) is 0 Å². The molecule has 0 aromatic rings. The zero-order valence-corrected chi connectivity index (χ0v) is 8.69. The minimum atomic E-state index is 0.165. The third-order valence-corrected chi connectivity index (χ3v) is 2.42. The molecule has 0 unspecified atom stereocenters. The Labute approximate surface area is 75.6 Å². The number of nitrogens with zero attached hydrogens (tertiary/aromatic N) is 1. The summed E-state index contributed by atoms with van der Waals surface area (Å²) < 4.78 is 0.165. The van der Waals surface area contributed by atoms with Gasteiger partial charge >= 0.3 is 0 Å². The first-order valence-corrected chi connectivity index (χ1v) is 4.90. The van der Waals surface area contributed by atoms with E-state index in [0.29, 0.717) is 0 Å². The number of hydrogen-bond donors (Lipinski definition) is 1. The van der Waals surface area contributed by atoms with Crippen LogP contribution in [-0.2, 0) is 0 Å². The summed E-state index contributed by atoms with van der Waals surface area (Å²) in [5.41, 5.74) is 0. The van der Waals surface area contributed by atoms with E-state index in [1.807, 2.05) is 0 Å². The SMILES string of the molecule is C[C@H]1CCCN1CC(C)(C)S. The van der Waals surface area contributed by atoms with Crippen molar-refractivity contribution in [3.8, 4) is 0 Å². The smallest absolute Gasteiger partial charge is 0.0200 e. The highest BCUT2D eigenvalue weighted by Crippen LogP contribution is 2.22. The molecule has 1 aliphatic rings. The maximum atomic E-state index is 4.53. The van der Waals surface area contributed by atoms with Crippen LogP contribution < -0.4 is 0 Å². The van der Waals surface area contributed by atoms with Crippen LogP contribution in [-0.4, -0.2) is 28.8 Å². The van der Waals surface area contributed by atoms with Crippen LogP contribution in [0.1, 0.15) is 33.6 Å². The summed E-state index contributed by atoms with van der Waals surface area (Å²) in [4.78, 5) is 2.53.